The highest BCUT2D eigenvalue weighted by Crippen LogP contribution is 2.04. The summed E-state index contributed by atoms with van der Waals surface area (Å²) in [6, 6.07) is 0. The minimum atomic E-state index is -1.20. The van der Waals surface area contributed by atoms with Gasteiger partial charge in [-0.25, -0.2) is 9.48 Å². The van der Waals surface area contributed by atoms with E-state index in [-0.39, 0.29) is 24.7 Å². The number of carboxylic acid groups (broad SMARTS) is 1. The molecule has 0 aliphatic rings. The molecule has 8 nitrogen and oxygen atoms in total. The van der Waals surface area contributed by atoms with Crippen molar-refractivity contribution in [2.45, 2.75) is 26.0 Å². The molecule has 0 saturated heterocycles. The average molecular weight is 256 g/mol. The zero-order chi connectivity index (χ0) is 13.9. The molecule has 18 heavy (non-hydrogen) atoms. The summed E-state index contributed by atoms with van der Waals surface area (Å²) in [6.07, 6.45) is 1.18. The van der Waals surface area contributed by atoms with E-state index in [4.69, 9.17) is 5.11 Å². The first kappa shape index (κ1) is 14.1. The molecule has 0 radical (unpaired) electrons. The molecule has 0 saturated carbocycles. The van der Waals surface area contributed by atoms with Gasteiger partial charge in [-0.1, -0.05) is 5.21 Å². The van der Waals surface area contributed by atoms with Crippen LogP contribution < -0.4 is 0 Å². The van der Waals surface area contributed by atoms with Crippen LogP contribution >= 0.6 is 0 Å². The van der Waals surface area contributed by atoms with Crippen molar-refractivity contribution >= 4 is 11.9 Å². The molecule has 8 heteroatoms. The first-order valence-corrected chi connectivity index (χ1v) is 5.29. The predicted octanol–water partition coefficient (Wildman–Crippen LogP) is -0.794. The van der Waals surface area contributed by atoms with Gasteiger partial charge in [0.2, 0.25) is 5.91 Å². The SMILES string of the molecule is CN(CC(C)(C)O)C(=O)Cn1cc(C(=O)O)nn1. The van der Waals surface area contributed by atoms with E-state index in [1.54, 1.807) is 20.9 Å². The summed E-state index contributed by atoms with van der Waals surface area (Å²) in [5, 5.41) is 25.2. The highest BCUT2D eigenvalue weighted by Gasteiger charge is 2.20. The Morgan fingerprint density at radius 2 is 2.11 bits per heavy atom. The first-order valence-electron chi connectivity index (χ1n) is 5.29. The van der Waals surface area contributed by atoms with Crippen molar-refractivity contribution in [1.82, 2.24) is 19.9 Å². The molecule has 1 amide bonds. The third kappa shape index (κ3) is 4.13. The zero-order valence-electron chi connectivity index (χ0n) is 10.5. The van der Waals surface area contributed by atoms with Crippen molar-refractivity contribution in [3.8, 4) is 0 Å². The van der Waals surface area contributed by atoms with Crippen LogP contribution in [0.5, 0.6) is 0 Å². The van der Waals surface area contributed by atoms with Gasteiger partial charge in [-0.3, -0.25) is 4.79 Å². The van der Waals surface area contributed by atoms with E-state index in [1.807, 2.05) is 0 Å². The fraction of sp³-hybridized carbons (Fsp3) is 0.600. The summed E-state index contributed by atoms with van der Waals surface area (Å²) in [7, 11) is 1.55. The van der Waals surface area contributed by atoms with E-state index >= 15 is 0 Å². The number of likely N-dealkylation sites (N-methyl/N-ethyl adjacent to an activating group) is 1. The second-order valence-electron chi connectivity index (χ2n) is 4.67. The number of hydrogen-bond donors (Lipinski definition) is 2. The molecular weight excluding hydrogens is 240 g/mol. The first-order chi connectivity index (χ1) is 8.19. The number of aromatic carboxylic acids is 1. The number of nitrogens with zero attached hydrogens (tertiary/aromatic N) is 4. The molecule has 0 aromatic carbocycles. The third-order valence-electron chi connectivity index (χ3n) is 2.10. The molecule has 100 valence electrons. The lowest BCUT2D eigenvalue weighted by Gasteiger charge is -2.25. The Kier molecular flexibility index (Phi) is 4.02. The highest BCUT2D eigenvalue weighted by molar-refractivity contribution is 5.84. The molecular formula is C10H16N4O4. The molecule has 1 heterocycles. The summed E-state index contributed by atoms with van der Waals surface area (Å²) < 4.78 is 1.15. The number of carbonyl (C=O) groups is 2. The van der Waals surface area contributed by atoms with Gasteiger partial charge in [0, 0.05) is 13.6 Å². The molecule has 0 spiro atoms. The number of aliphatic hydroxyl groups is 1. The normalized spacial score (nSPS) is 11.3. The Balaban J connectivity index is 2.61. The van der Waals surface area contributed by atoms with Gasteiger partial charge in [0.15, 0.2) is 5.69 Å². The highest BCUT2D eigenvalue weighted by atomic mass is 16.4. The van der Waals surface area contributed by atoms with Crippen LogP contribution in [0.25, 0.3) is 0 Å². The van der Waals surface area contributed by atoms with Gasteiger partial charge in [0.1, 0.15) is 6.54 Å². The van der Waals surface area contributed by atoms with E-state index in [9.17, 15) is 14.7 Å². The van der Waals surface area contributed by atoms with Crippen LogP contribution in [0.15, 0.2) is 6.20 Å². The van der Waals surface area contributed by atoms with Gasteiger partial charge in [-0.05, 0) is 13.8 Å². The fourth-order valence-corrected chi connectivity index (χ4v) is 1.40. The Hall–Kier alpha value is -1.96. The predicted molar refractivity (Wildman–Crippen MR) is 60.9 cm³/mol. The molecule has 1 aromatic rings. The summed E-state index contributed by atoms with van der Waals surface area (Å²) in [4.78, 5) is 23.7. The van der Waals surface area contributed by atoms with Crippen LogP contribution in [0.4, 0.5) is 0 Å². The third-order valence-corrected chi connectivity index (χ3v) is 2.10. The Morgan fingerprint density at radius 1 is 1.50 bits per heavy atom. The minimum Gasteiger partial charge on any atom is -0.476 e. The van der Waals surface area contributed by atoms with Gasteiger partial charge in [0.05, 0.1) is 11.8 Å². The summed E-state index contributed by atoms with van der Waals surface area (Å²) in [5.74, 6) is -1.49. The zero-order valence-corrected chi connectivity index (χ0v) is 10.5. The van der Waals surface area contributed by atoms with E-state index in [0.29, 0.717) is 0 Å². The molecule has 0 aliphatic heterocycles. The molecule has 1 rings (SSSR count). The Bertz CT molecular complexity index is 449. The van der Waals surface area contributed by atoms with Crippen molar-refractivity contribution in [1.29, 1.82) is 0 Å². The second-order valence-corrected chi connectivity index (χ2v) is 4.67. The van der Waals surface area contributed by atoms with Crippen LogP contribution in [0.2, 0.25) is 0 Å². The number of amides is 1. The summed E-state index contributed by atoms with van der Waals surface area (Å²) in [6.45, 7) is 3.24. The van der Waals surface area contributed by atoms with E-state index in [0.717, 1.165) is 4.68 Å². The molecule has 0 unspecified atom stereocenters. The molecule has 0 atom stereocenters. The fourth-order valence-electron chi connectivity index (χ4n) is 1.40. The molecule has 2 N–H and O–H groups in total. The quantitative estimate of drug-likeness (QED) is 0.714. The maximum Gasteiger partial charge on any atom is 0.358 e. The van der Waals surface area contributed by atoms with Crippen LogP contribution in [-0.4, -0.2) is 61.2 Å². The van der Waals surface area contributed by atoms with Crippen molar-refractivity contribution in [3.63, 3.8) is 0 Å². The average Bonchev–Trinajstić information content (AvgIpc) is 2.63. The van der Waals surface area contributed by atoms with Crippen LogP contribution in [0.3, 0.4) is 0 Å². The molecule has 1 aromatic heterocycles. The van der Waals surface area contributed by atoms with Crippen molar-refractivity contribution in [2.24, 2.45) is 0 Å². The van der Waals surface area contributed by atoms with Gasteiger partial charge < -0.3 is 15.1 Å². The van der Waals surface area contributed by atoms with Crippen molar-refractivity contribution in [3.05, 3.63) is 11.9 Å². The lowest BCUT2D eigenvalue weighted by atomic mass is 10.1. The van der Waals surface area contributed by atoms with Gasteiger partial charge >= 0.3 is 5.97 Å². The smallest absolute Gasteiger partial charge is 0.358 e. The maximum atomic E-state index is 11.7. The summed E-state index contributed by atoms with van der Waals surface area (Å²) in [5.41, 5.74) is -1.20. The second kappa shape index (κ2) is 5.13. The topological polar surface area (TPSA) is 109 Å². The maximum absolute atomic E-state index is 11.7. The number of carboxylic acids is 1. The number of aromatic nitrogens is 3. The lowest BCUT2D eigenvalue weighted by Crippen LogP contribution is -2.41. The Morgan fingerprint density at radius 3 is 2.56 bits per heavy atom. The number of hydrogen-bond acceptors (Lipinski definition) is 5. The van der Waals surface area contributed by atoms with Crippen molar-refractivity contribution < 1.29 is 19.8 Å². The minimum absolute atomic E-state index is 0.118. The standard InChI is InChI=1S/C10H16N4O4/c1-10(2,18)6-13(3)8(15)5-14-4-7(9(16)17)11-12-14/h4,18H,5-6H2,1-3H3,(H,16,17). The van der Waals surface area contributed by atoms with Crippen molar-refractivity contribution in [2.75, 3.05) is 13.6 Å². The molecule has 0 fully saturated rings. The van der Waals surface area contributed by atoms with Gasteiger partial charge in [0.25, 0.3) is 0 Å². The molecule has 0 bridgehead atoms. The van der Waals surface area contributed by atoms with Gasteiger partial charge in [-0.15, -0.1) is 5.10 Å². The summed E-state index contributed by atoms with van der Waals surface area (Å²) >= 11 is 0. The number of rotatable bonds is 5. The van der Waals surface area contributed by atoms with Crippen LogP contribution in [0.1, 0.15) is 24.3 Å². The number of carbonyl (C=O) groups excluding carboxylic acids is 1. The van der Waals surface area contributed by atoms with E-state index in [2.05, 4.69) is 10.3 Å². The van der Waals surface area contributed by atoms with E-state index < -0.39 is 11.6 Å². The van der Waals surface area contributed by atoms with Crippen LogP contribution in [-0.2, 0) is 11.3 Å². The lowest BCUT2D eigenvalue weighted by molar-refractivity contribution is -0.133. The largest absolute Gasteiger partial charge is 0.476 e. The monoisotopic (exact) mass is 256 g/mol. The van der Waals surface area contributed by atoms with E-state index in [1.165, 1.54) is 11.1 Å². The Labute approximate surface area is 104 Å². The van der Waals surface area contributed by atoms with Crippen LogP contribution in [0, 0.1) is 0 Å². The molecule has 0 aliphatic carbocycles. The van der Waals surface area contributed by atoms with Gasteiger partial charge in [-0.2, -0.15) is 0 Å².